The third-order valence-electron chi connectivity index (χ3n) is 3.21. The molecule has 0 saturated carbocycles. The maximum atomic E-state index is 12.1. The van der Waals surface area contributed by atoms with E-state index in [0.29, 0.717) is 18.0 Å². The zero-order chi connectivity index (χ0) is 14.5. The smallest absolute Gasteiger partial charge is 0.231 e. The third kappa shape index (κ3) is 3.50. The lowest BCUT2D eigenvalue weighted by Gasteiger charge is -2.12. The van der Waals surface area contributed by atoms with E-state index in [1.165, 1.54) is 0 Å². The number of hydrogen-bond donors (Lipinski definition) is 2. The van der Waals surface area contributed by atoms with Crippen LogP contribution in [0.2, 0.25) is 0 Å². The molecule has 0 bridgehead atoms. The van der Waals surface area contributed by atoms with Gasteiger partial charge in [-0.3, -0.25) is 9.59 Å². The molecule has 0 saturated heterocycles. The molecule has 5 heteroatoms. The second kappa shape index (κ2) is 6.41. The number of fused-ring (bicyclic) bond motifs is 1. The van der Waals surface area contributed by atoms with Gasteiger partial charge < -0.3 is 15.4 Å². The van der Waals surface area contributed by atoms with Crippen molar-refractivity contribution in [2.75, 3.05) is 18.5 Å². The minimum absolute atomic E-state index is 0.113. The van der Waals surface area contributed by atoms with Gasteiger partial charge in [-0.1, -0.05) is 13.0 Å². The molecule has 5 nitrogen and oxygen atoms in total. The number of hydrogen-bond acceptors (Lipinski definition) is 3. The highest BCUT2D eigenvalue weighted by Crippen LogP contribution is 2.29. The summed E-state index contributed by atoms with van der Waals surface area (Å²) in [7, 11) is 0. The molecule has 2 N–H and O–H groups in total. The Morgan fingerprint density at radius 1 is 1.50 bits per heavy atom. The Bertz CT molecular complexity index is 514. The van der Waals surface area contributed by atoms with E-state index in [4.69, 9.17) is 4.74 Å². The summed E-state index contributed by atoms with van der Waals surface area (Å²) in [4.78, 5) is 23.8. The highest BCUT2D eigenvalue weighted by Gasteiger charge is 2.26. The van der Waals surface area contributed by atoms with Crippen LogP contribution in [0.1, 0.15) is 25.3 Å². The molecule has 0 aliphatic carbocycles. The highest BCUT2D eigenvalue weighted by atomic mass is 16.5. The predicted molar refractivity (Wildman–Crippen MR) is 76.7 cm³/mol. The Labute approximate surface area is 118 Å². The van der Waals surface area contributed by atoms with Crippen molar-refractivity contribution in [1.29, 1.82) is 0 Å². The van der Waals surface area contributed by atoms with Gasteiger partial charge in [0.1, 0.15) is 12.4 Å². The van der Waals surface area contributed by atoms with Crippen LogP contribution in [0.25, 0.3) is 0 Å². The molecule has 1 atom stereocenters. The second-order valence-corrected chi connectivity index (χ2v) is 5.05. The molecule has 1 unspecified atom stereocenters. The van der Waals surface area contributed by atoms with Crippen LogP contribution in [0.5, 0.6) is 5.75 Å². The van der Waals surface area contributed by atoms with Crippen LogP contribution in [-0.2, 0) is 9.59 Å². The Morgan fingerprint density at radius 2 is 2.30 bits per heavy atom. The third-order valence-corrected chi connectivity index (χ3v) is 3.21. The van der Waals surface area contributed by atoms with Crippen LogP contribution >= 0.6 is 0 Å². The number of benzene rings is 1. The molecule has 108 valence electrons. The number of carbonyl (C=O) groups excluding carboxylic acids is 2. The number of rotatable bonds is 4. The summed E-state index contributed by atoms with van der Waals surface area (Å²) in [5, 5.41) is 5.59. The quantitative estimate of drug-likeness (QED) is 0.882. The summed E-state index contributed by atoms with van der Waals surface area (Å²) < 4.78 is 5.65. The topological polar surface area (TPSA) is 67.4 Å². The zero-order valence-corrected chi connectivity index (χ0v) is 11.9. The number of amides is 2. The van der Waals surface area contributed by atoms with Crippen molar-refractivity contribution < 1.29 is 14.3 Å². The fourth-order valence-electron chi connectivity index (χ4n) is 2.07. The standard InChI is InChI=1S/C15H20N2O3/c1-3-6-16-14(18)8-11-9-20-13-7-10(2)4-5-12(13)17-15(11)19/h4-5,7,11H,3,6,8-9H2,1-2H3,(H,16,18)(H,17,19). The minimum atomic E-state index is -0.459. The maximum absolute atomic E-state index is 12.1. The van der Waals surface area contributed by atoms with Gasteiger partial charge in [-0.05, 0) is 31.0 Å². The summed E-state index contributed by atoms with van der Waals surface area (Å²) in [5.74, 6) is -0.0774. The summed E-state index contributed by atoms with van der Waals surface area (Å²) in [6.45, 7) is 4.81. The molecule has 0 radical (unpaired) electrons. The number of aryl methyl sites for hydroxylation is 1. The van der Waals surface area contributed by atoms with Gasteiger partial charge in [0.15, 0.2) is 0 Å². The van der Waals surface area contributed by atoms with Crippen molar-refractivity contribution >= 4 is 17.5 Å². The van der Waals surface area contributed by atoms with Crippen LogP contribution in [0, 0.1) is 12.8 Å². The van der Waals surface area contributed by atoms with Gasteiger partial charge >= 0.3 is 0 Å². The Kier molecular flexibility index (Phi) is 4.61. The fourth-order valence-corrected chi connectivity index (χ4v) is 2.07. The lowest BCUT2D eigenvalue weighted by molar-refractivity contribution is -0.128. The van der Waals surface area contributed by atoms with E-state index in [1.54, 1.807) is 0 Å². The molecule has 1 aliphatic heterocycles. The van der Waals surface area contributed by atoms with Gasteiger partial charge in [-0.25, -0.2) is 0 Å². The normalized spacial score (nSPS) is 17.5. The molecule has 0 fully saturated rings. The van der Waals surface area contributed by atoms with Crippen molar-refractivity contribution in [2.45, 2.75) is 26.7 Å². The van der Waals surface area contributed by atoms with Gasteiger partial charge in [-0.2, -0.15) is 0 Å². The van der Waals surface area contributed by atoms with E-state index in [9.17, 15) is 9.59 Å². The van der Waals surface area contributed by atoms with Gasteiger partial charge in [0.25, 0.3) is 0 Å². The lowest BCUT2D eigenvalue weighted by atomic mass is 10.1. The SMILES string of the molecule is CCCNC(=O)CC1COc2cc(C)ccc2NC1=O. The molecule has 1 aliphatic rings. The van der Waals surface area contributed by atoms with E-state index >= 15 is 0 Å². The summed E-state index contributed by atoms with van der Waals surface area (Å²) in [5.41, 5.74) is 1.73. The molecule has 1 aromatic rings. The summed E-state index contributed by atoms with van der Waals surface area (Å²) >= 11 is 0. The van der Waals surface area contributed by atoms with Crippen LogP contribution in [0.3, 0.4) is 0 Å². The molecular formula is C15H20N2O3. The molecule has 20 heavy (non-hydrogen) atoms. The number of ether oxygens (including phenoxy) is 1. The average molecular weight is 276 g/mol. The monoisotopic (exact) mass is 276 g/mol. The Morgan fingerprint density at radius 3 is 3.05 bits per heavy atom. The maximum Gasteiger partial charge on any atom is 0.231 e. The first-order valence-electron chi connectivity index (χ1n) is 6.91. The van der Waals surface area contributed by atoms with Crippen molar-refractivity contribution in [3.8, 4) is 5.75 Å². The first kappa shape index (κ1) is 14.4. The molecule has 1 heterocycles. The van der Waals surface area contributed by atoms with Gasteiger partial charge in [-0.15, -0.1) is 0 Å². The van der Waals surface area contributed by atoms with E-state index in [1.807, 2.05) is 32.0 Å². The molecule has 0 spiro atoms. The van der Waals surface area contributed by atoms with Crippen LogP contribution in [0.15, 0.2) is 18.2 Å². The van der Waals surface area contributed by atoms with Gasteiger partial charge in [0.05, 0.1) is 11.6 Å². The largest absolute Gasteiger partial charge is 0.491 e. The van der Waals surface area contributed by atoms with Crippen molar-refractivity contribution in [3.63, 3.8) is 0 Å². The molecule has 0 aromatic heterocycles. The minimum Gasteiger partial charge on any atom is -0.491 e. The predicted octanol–water partition coefficient (Wildman–Crippen LogP) is 1.86. The number of nitrogens with one attached hydrogen (secondary N) is 2. The van der Waals surface area contributed by atoms with E-state index in [-0.39, 0.29) is 24.8 Å². The number of anilines is 1. The summed E-state index contributed by atoms with van der Waals surface area (Å²) in [6.07, 6.45) is 1.03. The van der Waals surface area contributed by atoms with Crippen molar-refractivity contribution in [2.24, 2.45) is 5.92 Å². The Balaban J connectivity index is 2.02. The summed E-state index contributed by atoms with van der Waals surface area (Å²) in [6, 6.07) is 5.62. The van der Waals surface area contributed by atoms with E-state index in [0.717, 1.165) is 12.0 Å². The van der Waals surface area contributed by atoms with Crippen LogP contribution in [0.4, 0.5) is 5.69 Å². The average Bonchev–Trinajstić information content (AvgIpc) is 2.57. The van der Waals surface area contributed by atoms with Crippen molar-refractivity contribution in [3.05, 3.63) is 23.8 Å². The second-order valence-electron chi connectivity index (χ2n) is 5.05. The number of carbonyl (C=O) groups is 2. The van der Waals surface area contributed by atoms with E-state index < -0.39 is 5.92 Å². The van der Waals surface area contributed by atoms with Crippen LogP contribution < -0.4 is 15.4 Å². The van der Waals surface area contributed by atoms with Crippen molar-refractivity contribution in [1.82, 2.24) is 5.32 Å². The molecule has 2 amide bonds. The lowest BCUT2D eigenvalue weighted by Crippen LogP contribution is -2.33. The fraction of sp³-hybridized carbons (Fsp3) is 0.467. The van der Waals surface area contributed by atoms with Gasteiger partial charge in [0, 0.05) is 13.0 Å². The van der Waals surface area contributed by atoms with Crippen LogP contribution in [-0.4, -0.2) is 25.0 Å². The van der Waals surface area contributed by atoms with E-state index in [2.05, 4.69) is 10.6 Å². The molecule has 2 rings (SSSR count). The highest BCUT2D eigenvalue weighted by molar-refractivity contribution is 5.97. The molecular weight excluding hydrogens is 256 g/mol. The zero-order valence-electron chi connectivity index (χ0n) is 11.9. The van der Waals surface area contributed by atoms with Gasteiger partial charge in [0.2, 0.25) is 11.8 Å². The Hall–Kier alpha value is -2.04. The first-order valence-corrected chi connectivity index (χ1v) is 6.91. The first-order chi connectivity index (χ1) is 9.60. The molecule has 1 aromatic carbocycles.